The summed E-state index contributed by atoms with van der Waals surface area (Å²) in [5, 5.41) is 8.24. The zero-order valence-electron chi connectivity index (χ0n) is 10.2. The van der Waals surface area contributed by atoms with Gasteiger partial charge in [0.25, 0.3) is 5.56 Å². The lowest BCUT2D eigenvalue weighted by Crippen LogP contribution is -2.11. The molecule has 0 saturated heterocycles. The van der Waals surface area contributed by atoms with Crippen molar-refractivity contribution in [3.8, 4) is 0 Å². The normalized spacial score (nSPS) is 11.4. The van der Waals surface area contributed by atoms with Crippen molar-refractivity contribution in [2.75, 3.05) is 5.32 Å². The fourth-order valence-corrected chi connectivity index (χ4v) is 1.80. The second-order valence-corrected chi connectivity index (χ2v) is 4.49. The van der Waals surface area contributed by atoms with E-state index in [2.05, 4.69) is 15.5 Å². The molecule has 1 heterocycles. The number of alkyl halides is 3. The molecular weight excluding hydrogens is 295 g/mol. The van der Waals surface area contributed by atoms with E-state index in [1.165, 1.54) is 12.1 Å². The molecule has 1 aromatic heterocycles. The van der Waals surface area contributed by atoms with Gasteiger partial charge in [-0.15, -0.1) is 0 Å². The minimum atomic E-state index is -4.54. The van der Waals surface area contributed by atoms with E-state index in [1.807, 2.05) is 0 Å². The van der Waals surface area contributed by atoms with Crippen molar-refractivity contribution < 1.29 is 13.2 Å². The molecule has 0 saturated carbocycles. The summed E-state index contributed by atoms with van der Waals surface area (Å²) in [5.74, 6) is 0.264. The molecule has 0 aliphatic carbocycles. The van der Waals surface area contributed by atoms with Crippen LogP contribution in [0.3, 0.4) is 0 Å². The van der Waals surface area contributed by atoms with Crippen LogP contribution in [-0.2, 0) is 6.18 Å². The maximum atomic E-state index is 12.7. The van der Waals surface area contributed by atoms with Crippen molar-refractivity contribution >= 4 is 23.1 Å². The molecule has 0 bridgehead atoms. The van der Waals surface area contributed by atoms with Gasteiger partial charge in [-0.05, 0) is 30.7 Å². The summed E-state index contributed by atoms with van der Waals surface area (Å²) in [6.07, 6.45) is -4.54. The Kier molecular flexibility index (Phi) is 3.71. The lowest BCUT2D eigenvalue weighted by Gasteiger charge is -2.12. The van der Waals surface area contributed by atoms with Gasteiger partial charge < -0.3 is 5.32 Å². The first-order valence-corrected chi connectivity index (χ1v) is 5.85. The monoisotopic (exact) mass is 303 g/mol. The Morgan fingerprint density at radius 3 is 2.60 bits per heavy atom. The maximum Gasteiger partial charge on any atom is 0.417 e. The number of nitrogens with zero attached hydrogens (tertiary/aromatic N) is 1. The van der Waals surface area contributed by atoms with Crippen molar-refractivity contribution in [1.82, 2.24) is 10.2 Å². The van der Waals surface area contributed by atoms with Crippen LogP contribution in [0, 0.1) is 6.92 Å². The first-order valence-electron chi connectivity index (χ1n) is 5.47. The van der Waals surface area contributed by atoms with Crippen molar-refractivity contribution in [2.45, 2.75) is 13.1 Å². The van der Waals surface area contributed by atoms with E-state index in [4.69, 9.17) is 11.6 Å². The number of rotatable bonds is 2. The lowest BCUT2D eigenvalue weighted by molar-refractivity contribution is -0.137. The van der Waals surface area contributed by atoms with Gasteiger partial charge in [-0.1, -0.05) is 11.6 Å². The molecule has 1 aromatic carbocycles. The standard InChI is InChI=1S/C12H9ClF3N3O/c1-6-4-10(20)18-19-11(6)17-7-2-3-9(13)8(5-7)12(14,15)16/h2-5H,1H3,(H,17,19)(H,18,20). The minimum absolute atomic E-state index is 0.171. The zero-order chi connectivity index (χ0) is 14.9. The quantitative estimate of drug-likeness (QED) is 0.893. The Bertz CT molecular complexity index is 697. The average molecular weight is 304 g/mol. The van der Waals surface area contributed by atoms with Crippen LogP contribution in [0.2, 0.25) is 5.02 Å². The van der Waals surface area contributed by atoms with Gasteiger partial charge in [0, 0.05) is 11.8 Å². The van der Waals surface area contributed by atoms with Crippen LogP contribution in [0.25, 0.3) is 0 Å². The van der Waals surface area contributed by atoms with Gasteiger partial charge in [0.05, 0.1) is 10.6 Å². The van der Waals surface area contributed by atoms with E-state index in [9.17, 15) is 18.0 Å². The van der Waals surface area contributed by atoms with Crippen LogP contribution in [0.15, 0.2) is 29.1 Å². The maximum absolute atomic E-state index is 12.7. The number of hydrogen-bond donors (Lipinski definition) is 2. The van der Waals surface area contributed by atoms with Crippen LogP contribution in [0.1, 0.15) is 11.1 Å². The summed E-state index contributed by atoms with van der Waals surface area (Å²) in [7, 11) is 0. The van der Waals surface area contributed by atoms with Crippen LogP contribution in [-0.4, -0.2) is 10.2 Å². The molecule has 8 heteroatoms. The minimum Gasteiger partial charge on any atom is -0.339 e. The fraction of sp³-hybridized carbons (Fsp3) is 0.167. The molecule has 0 aliphatic rings. The van der Waals surface area contributed by atoms with Crippen LogP contribution < -0.4 is 10.9 Å². The zero-order valence-corrected chi connectivity index (χ0v) is 10.9. The largest absolute Gasteiger partial charge is 0.417 e. The molecule has 4 nitrogen and oxygen atoms in total. The molecule has 2 N–H and O–H groups in total. The number of aryl methyl sites for hydroxylation is 1. The molecule has 0 unspecified atom stereocenters. The van der Waals surface area contributed by atoms with E-state index in [0.29, 0.717) is 5.56 Å². The van der Waals surface area contributed by atoms with Gasteiger partial charge in [0.1, 0.15) is 0 Å². The predicted octanol–water partition coefficient (Wildman–Crippen LogP) is 3.49. The second-order valence-electron chi connectivity index (χ2n) is 4.08. The Morgan fingerprint density at radius 1 is 1.30 bits per heavy atom. The molecule has 20 heavy (non-hydrogen) atoms. The number of aromatic nitrogens is 2. The first-order chi connectivity index (χ1) is 9.27. The van der Waals surface area contributed by atoms with Gasteiger partial charge >= 0.3 is 6.18 Å². The van der Waals surface area contributed by atoms with E-state index in [1.54, 1.807) is 6.92 Å². The van der Waals surface area contributed by atoms with Crippen LogP contribution in [0.5, 0.6) is 0 Å². The molecule has 0 radical (unpaired) electrons. The number of halogens is 4. The van der Waals surface area contributed by atoms with E-state index < -0.39 is 11.7 Å². The molecule has 0 atom stereocenters. The van der Waals surface area contributed by atoms with Crippen molar-refractivity contribution in [3.63, 3.8) is 0 Å². The lowest BCUT2D eigenvalue weighted by atomic mass is 10.2. The number of aromatic amines is 1. The smallest absolute Gasteiger partial charge is 0.339 e. The van der Waals surface area contributed by atoms with Gasteiger partial charge in [0.2, 0.25) is 0 Å². The Morgan fingerprint density at radius 2 is 2.00 bits per heavy atom. The van der Waals surface area contributed by atoms with E-state index in [-0.39, 0.29) is 22.1 Å². The SMILES string of the molecule is Cc1cc(=O)[nH]nc1Nc1ccc(Cl)c(C(F)(F)F)c1. The van der Waals surface area contributed by atoms with E-state index in [0.717, 1.165) is 12.1 Å². The topological polar surface area (TPSA) is 57.8 Å². The molecule has 0 fully saturated rings. The highest BCUT2D eigenvalue weighted by molar-refractivity contribution is 6.31. The third-order valence-corrected chi connectivity index (χ3v) is 2.86. The molecule has 106 valence electrons. The highest BCUT2D eigenvalue weighted by Gasteiger charge is 2.33. The third-order valence-electron chi connectivity index (χ3n) is 2.53. The number of anilines is 2. The number of hydrogen-bond acceptors (Lipinski definition) is 3. The summed E-state index contributed by atoms with van der Waals surface area (Å²) >= 11 is 5.52. The molecule has 0 spiro atoms. The first kappa shape index (κ1) is 14.4. The van der Waals surface area contributed by atoms with Gasteiger partial charge in [-0.2, -0.15) is 18.3 Å². The van der Waals surface area contributed by atoms with Gasteiger partial charge in [-0.25, -0.2) is 5.10 Å². The van der Waals surface area contributed by atoms with Crippen LogP contribution in [0.4, 0.5) is 24.7 Å². The molecule has 0 aliphatic heterocycles. The molecular formula is C12H9ClF3N3O. The Labute approximate surface area is 116 Å². The van der Waals surface area contributed by atoms with E-state index >= 15 is 0 Å². The number of H-pyrrole nitrogens is 1. The summed E-state index contributed by atoms with van der Waals surface area (Å²) in [5.41, 5.74) is -0.645. The van der Waals surface area contributed by atoms with Gasteiger partial charge in [0.15, 0.2) is 5.82 Å². The summed E-state index contributed by atoms with van der Waals surface area (Å²) in [6, 6.07) is 4.71. The highest BCUT2D eigenvalue weighted by atomic mass is 35.5. The van der Waals surface area contributed by atoms with Crippen molar-refractivity contribution in [2.24, 2.45) is 0 Å². The number of nitrogens with one attached hydrogen (secondary N) is 2. The summed E-state index contributed by atoms with van der Waals surface area (Å²) in [6.45, 7) is 1.62. The van der Waals surface area contributed by atoms with Crippen molar-refractivity contribution in [3.05, 3.63) is 50.8 Å². The number of benzene rings is 1. The van der Waals surface area contributed by atoms with Crippen molar-refractivity contribution in [1.29, 1.82) is 0 Å². The van der Waals surface area contributed by atoms with Crippen LogP contribution >= 0.6 is 11.6 Å². The highest BCUT2D eigenvalue weighted by Crippen LogP contribution is 2.36. The van der Waals surface area contributed by atoms with Gasteiger partial charge in [-0.3, -0.25) is 4.79 Å². The molecule has 2 aromatic rings. The predicted molar refractivity (Wildman–Crippen MR) is 69.3 cm³/mol. The molecule has 2 rings (SSSR count). The Balaban J connectivity index is 2.37. The Hall–Kier alpha value is -2.02. The third kappa shape index (κ3) is 3.11. The average Bonchev–Trinajstić information content (AvgIpc) is 2.33. The molecule has 0 amide bonds. The summed E-state index contributed by atoms with van der Waals surface area (Å²) < 4.78 is 38.2. The summed E-state index contributed by atoms with van der Waals surface area (Å²) in [4.78, 5) is 11.0. The second kappa shape index (κ2) is 5.16. The fourth-order valence-electron chi connectivity index (χ4n) is 1.58.